The van der Waals surface area contributed by atoms with Crippen LogP contribution in [0.2, 0.25) is 0 Å². The third kappa shape index (κ3) is 3.22. The first kappa shape index (κ1) is 18.7. The maximum Gasteiger partial charge on any atom is 0.00734 e. The van der Waals surface area contributed by atoms with Crippen LogP contribution in [-0.2, 0) is 19.3 Å². The van der Waals surface area contributed by atoms with Gasteiger partial charge >= 0.3 is 0 Å². The van der Waals surface area contributed by atoms with E-state index in [0.29, 0.717) is 5.92 Å². The molecule has 0 aliphatic heterocycles. The quantitative estimate of drug-likeness (QED) is 0.337. The highest BCUT2D eigenvalue weighted by atomic mass is 14.2. The zero-order valence-corrected chi connectivity index (χ0v) is 17.5. The lowest BCUT2D eigenvalue weighted by Gasteiger charge is -2.20. The molecule has 0 saturated carbocycles. The fraction of sp³-hybridized carbons (Fsp3) is 0.286. The van der Waals surface area contributed by atoms with Gasteiger partial charge in [-0.05, 0) is 68.6 Å². The smallest absolute Gasteiger partial charge is 0.00734 e. The second-order valence-electron chi connectivity index (χ2n) is 7.88. The van der Waals surface area contributed by atoms with Crippen molar-refractivity contribution in [3.63, 3.8) is 0 Å². The first-order chi connectivity index (χ1) is 13.7. The minimum absolute atomic E-state index is 0.359. The predicted octanol–water partition coefficient (Wildman–Crippen LogP) is 7.83. The van der Waals surface area contributed by atoms with Gasteiger partial charge in [-0.3, -0.25) is 0 Å². The van der Waals surface area contributed by atoms with E-state index in [4.69, 9.17) is 0 Å². The lowest BCUT2D eigenvalue weighted by molar-refractivity contribution is 0.936. The number of benzene rings is 4. The highest BCUT2D eigenvalue weighted by Crippen LogP contribution is 2.36. The van der Waals surface area contributed by atoms with E-state index in [1.165, 1.54) is 49.4 Å². The summed E-state index contributed by atoms with van der Waals surface area (Å²) in [5.74, 6) is 0.359. The second kappa shape index (κ2) is 7.80. The molecular formula is C28H30. The van der Waals surface area contributed by atoms with Crippen molar-refractivity contribution in [2.24, 2.45) is 0 Å². The van der Waals surface area contributed by atoms with Crippen molar-refractivity contribution in [1.29, 1.82) is 0 Å². The molecule has 4 rings (SSSR count). The van der Waals surface area contributed by atoms with Gasteiger partial charge in [0.25, 0.3) is 0 Å². The average molecular weight is 367 g/mol. The molecule has 0 spiro atoms. The Morgan fingerprint density at radius 2 is 1.32 bits per heavy atom. The van der Waals surface area contributed by atoms with Gasteiger partial charge in [0.05, 0.1) is 0 Å². The average Bonchev–Trinajstić information content (AvgIpc) is 2.76. The molecule has 1 unspecified atom stereocenters. The summed E-state index contributed by atoms with van der Waals surface area (Å²) < 4.78 is 0. The zero-order valence-electron chi connectivity index (χ0n) is 17.5. The van der Waals surface area contributed by atoms with E-state index in [1.54, 1.807) is 0 Å². The van der Waals surface area contributed by atoms with E-state index < -0.39 is 0 Å². The molecule has 0 bridgehead atoms. The lowest BCUT2D eigenvalue weighted by Crippen LogP contribution is -2.01. The van der Waals surface area contributed by atoms with E-state index >= 15 is 0 Å². The first-order valence-electron chi connectivity index (χ1n) is 10.7. The summed E-state index contributed by atoms with van der Waals surface area (Å²) in [6.45, 7) is 9.10. The van der Waals surface area contributed by atoms with Crippen LogP contribution >= 0.6 is 0 Å². The van der Waals surface area contributed by atoms with Gasteiger partial charge in [0.15, 0.2) is 0 Å². The van der Waals surface area contributed by atoms with Crippen molar-refractivity contribution in [3.05, 3.63) is 94.5 Å². The van der Waals surface area contributed by atoms with Crippen LogP contribution in [0.3, 0.4) is 0 Å². The number of hydrogen-bond donors (Lipinski definition) is 0. The first-order valence-corrected chi connectivity index (χ1v) is 10.7. The van der Waals surface area contributed by atoms with E-state index in [0.717, 1.165) is 19.3 Å². The Morgan fingerprint density at radius 3 is 2.04 bits per heavy atom. The fourth-order valence-electron chi connectivity index (χ4n) is 4.53. The molecule has 0 heteroatoms. The third-order valence-corrected chi connectivity index (χ3v) is 6.29. The summed E-state index contributed by atoms with van der Waals surface area (Å²) in [4.78, 5) is 0. The molecule has 0 aromatic heterocycles. The highest BCUT2D eigenvalue weighted by Gasteiger charge is 2.16. The van der Waals surface area contributed by atoms with Crippen LogP contribution in [0, 0.1) is 0 Å². The van der Waals surface area contributed by atoms with Gasteiger partial charge in [0.2, 0.25) is 0 Å². The Morgan fingerprint density at radius 1 is 0.607 bits per heavy atom. The number of aryl methyl sites for hydroxylation is 3. The topological polar surface area (TPSA) is 0 Å². The van der Waals surface area contributed by atoms with Gasteiger partial charge in [0.1, 0.15) is 0 Å². The second-order valence-corrected chi connectivity index (χ2v) is 7.88. The van der Waals surface area contributed by atoms with Crippen LogP contribution in [0.4, 0.5) is 0 Å². The molecule has 4 aromatic rings. The third-order valence-electron chi connectivity index (χ3n) is 6.29. The van der Waals surface area contributed by atoms with Crippen LogP contribution in [0.25, 0.3) is 21.5 Å². The maximum atomic E-state index is 2.43. The molecule has 0 nitrogen and oxygen atoms in total. The van der Waals surface area contributed by atoms with Crippen LogP contribution < -0.4 is 0 Å². The minimum atomic E-state index is 0.359. The molecule has 1 atom stereocenters. The summed E-state index contributed by atoms with van der Waals surface area (Å²) in [7, 11) is 0. The van der Waals surface area contributed by atoms with E-state index in [1.807, 2.05) is 0 Å². The summed E-state index contributed by atoms with van der Waals surface area (Å²) in [6.07, 6.45) is 3.23. The normalized spacial score (nSPS) is 12.6. The van der Waals surface area contributed by atoms with Crippen molar-refractivity contribution in [2.75, 3.05) is 0 Å². The zero-order chi connectivity index (χ0) is 19.7. The SMILES string of the molecule is CCc1ccc2c(C(C)c3ccc(CC)c4ccccc34)cc(CC)cc2c1. The Labute approximate surface area is 169 Å². The molecule has 0 fully saturated rings. The highest BCUT2D eigenvalue weighted by molar-refractivity contribution is 5.92. The van der Waals surface area contributed by atoms with Gasteiger partial charge in [-0.2, -0.15) is 0 Å². The van der Waals surface area contributed by atoms with Crippen LogP contribution in [0.5, 0.6) is 0 Å². The number of hydrogen-bond acceptors (Lipinski definition) is 0. The van der Waals surface area contributed by atoms with Crippen molar-refractivity contribution < 1.29 is 0 Å². The molecule has 4 aromatic carbocycles. The summed E-state index contributed by atoms with van der Waals surface area (Å²) in [5.41, 5.74) is 7.16. The summed E-state index contributed by atoms with van der Waals surface area (Å²) >= 11 is 0. The van der Waals surface area contributed by atoms with Crippen molar-refractivity contribution >= 4 is 21.5 Å². The summed E-state index contributed by atoms with van der Waals surface area (Å²) in [5, 5.41) is 5.58. The van der Waals surface area contributed by atoms with Gasteiger partial charge in [0, 0.05) is 5.92 Å². The predicted molar refractivity (Wildman–Crippen MR) is 124 cm³/mol. The van der Waals surface area contributed by atoms with Crippen LogP contribution in [0.1, 0.15) is 61.4 Å². The summed E-state index contributed by atoms with van der Waals surface area (Å²) in [6, 6.07) is 25.4. The Balaban J connectivity index is 1.94. The molecular weight excluding hydrogens is 336 g/mol. The molecule has 0 amide bonds. The molecule has 0 N–H and O–H groups in total. The standard InChI is InChI=1S/C28H30/c1-5-20-12-14-26-23(16-20)17-21(6-2)18-28(26)19(4)24-15-13-22(7-3)25-10-8-9-11-27(24)25/h8-19H,5-7H2,1-4H3. The van der Waals surface area contributed by atoms with Gasteiger partial charge < -0.3 is 0 Å². The van der Waals surface area contributed by atoms with E-state index in [-0.39, 0.29) is 0 Å². The Hall–Kier alpha value is -2.60. The molecule has 28 heavy (non-hydrogen) atoms. The molecule has 0 aliphatic rings. The van der Waals surface area contributed by atoms with Crippen molar-refractivity contribution in [2.45, 2.75) is 52.9 Å². The fourth-order valence-corrected chi connectivity index (χ4v) is 4.53. The maximum absolute atomic E-state index is 2.43. The molecule has 0 saturated heterocycles. The Bertz CT molecular complexity index is 1130. The molecule has 0 heterocycles. The molecule has 0 aliphatic carbocycles. The van der Waals surface area contributed by atoms with Crippen molar-refractivity contribution in [3.8, 4) is 0 Å². The van der Waals surface area contributed by atoms with Gasteiger partial charge in [-0.15, -0.1) is 0 Å². The lowest BCUT2D eigenvalue weighted by atomic mass is 9.84. The van der Waals surface area contributed by atoms with Gasteiger partial charge in [-0.1, -0.05) is 94.4 Å². The molecule has 142 valence electrons. The largest absolute Gasteiger partial charge is 0.0616 e. The Kier molecular flexibility index (Phi) is 5.22. The van der Waals surface area contributed by atoms with Gasteiger partial charge in [-0.25, -0.2) is 0 Å². The van der Waals surface area contributed by atoms with Crippen molar-refractivity contribution in [1.82, 2.24) is 0 Å². The van der Waals surface area contributed by atoms with E-state index in [9.17, 15) is 0 Å². The number of fused-ring (bicyclic) bond motifs is 2. The number of rotatable bonds is 5. The van der Waals surface area contributed by atoms with Crippen LogP contribution in [-0.4, -0.2) is 0 Å². The van der Waals surface area contributed by atoms with Crippen LogP contribution in [0.15, 0.2) is 66.7 Å². The molecule has 0 radical (unpaired) electrons. The monoisotopic (exact) mass is 366 g/mol. The minimum Gasteiger partial charge on any atom is -0.0616 e. The van der Waals surface area contributed by atoms with E-state index in [2.05, 4.69) is 94.4 Å².